The second-order valence-corrected chi connectivity index (χ2v) is 4.80. The Hall–Kier alpha value is -2.98. The summed E-state index contributed by atoms with van der Waals surface area (Å²) in [5, 5.41) is 14.5. The van der Waals surface area contributed by atoms with E-state index in [9.17, 15) is 18.0 Å². The predicted octanol–water partition coefficient (Wildman–Crippen LogP) is 3.55. The molecule has 1 N–H and O–H groups in total. The molecule has 0 bridgehead atoms. The zero-order valence-electron chi connectivity index (χ0n) is 13.5. The van der Waals surface area contributed by atoms with Crippen molar-refractivity contribution in [2.75, 3.05) is 22.9 Å². The minimum atomic E-state index is -4.89. The molecule has 0 aliphatic heterocycles. The van der Waals surface area contributed by atoms with E-state index >= 15 is 0 Å². The van der Waals surface area contributed by atoms with Gasteiger partial charge >= 0.3 is 6.30 Å². The number of carbonyl (C=O) groups excluding carboxylic acids is 1. The van der Waals surface area contributed by atoms with Gasteiger partial charge in [-0.15, -0.1) is 33.6 Å². The van der Waals surface area contributed by atoms with Crippen molar-refractivity contribution in [1.82, 2.24) is 15.2 Å². The molecule has 1 heterocycles. The number of carbonyl (C=O) groups is 1. The lowest BCUT2D eigenvalue weighted by molar-refractivity contribution is -0.141. The summed E-state index contributed by atoms with van der Waals surface area (Å²) in [5.41, 5.74) is -0.0124. The maximum absolute atomic E-state index is 13.2. The Kier molecular flexibility index (Phi) is 5.67. The van der Waals surface area contributed by atoms with Crippen LogP contribution in [-0.2, 0) is 4.79 Å². The molecular weight excluding hydrogens is 339 g/mol. The van der Waals surface area contributed by atoms with E-state index in [0.717, 1.165) is 0 Å². The number of anilines is 2. The average Bonchev–Trinajstić information content (AvgIpc) is 3.08. The number of nitrogens with one attached hydrogen (secondary N) is 1. The SMILES string of the molecule is CCN(CC)c1ccc(N=Nc2nnc[nH]2)c(N(C=O)C(F)(F)F)c1. The van der Waals surface area contributed by atoms with Crippen molar-refractivity contribution in [3.8, 4) is 0 Å². The van der Waals surface area contributed by atoms with Crippen molar-refractivity contribution < 1.29 is 18.0 Å². The molecule has 0 aliphatic rings. The molecule has 1 aromatic carbocycles. The molecule has 0 fully saturated rings. The third-order valence-corrected chi connectivity index (χ3v) is 3.38. The van der Waals surface area contributed by atoms with Crippen molar-refractivity contribution in [2.45, 2.75) is 20.1 Å². The minimum absolute atomic E-state index is 0.0310. The summed E-state index contributed by atoms with van der Waals surface area (Å²) in [5.74, 6) is 0.0310. The number of hydrogen-bond acceptors (Lipinski definition) is 6. The number of aromatic nitrogens is 3. The van der Waals surface area contributed by atoms with Gasteiger partial charge in [-0.25, -0.2) is 4.90 Å². The molecule has 0 saturated heterocycles. The number of nitrogens with zero attached hydrogens (tertiary/aromatic N) is 6. The summed E-state index contributed by atoms with van der Waals surface area (Å²) < 4.78 is 39.5. The number of amides is 1. The number of azo groups is 1. The second kappa shape index (κ2) is 7.73. The Morgan fingerprint density at radius 3 is 2.48 bits per heavy atom. The van der Waals surface area contributed by atoms with Crippen molar-refractivity contribution in [1.29, 1.82) is 0 Å². The Bertz CT molecular complexity index is 727. The van der Waals surface area contributed by atoms with E-state index in [1.165, 1.54) is 18.5 Å². The summed E-state index contributed by atoms with van der Waals surface area (Å²) in [7, 11) is 0. The van der Waals surface area contributed by atoms with Gasteiger partial charge in [0.1, 0.15) is 12.0 Å². The fourth-order valence-corrected chi connectivity index (χ4v) is 2.18. The first-order chi connectivity index (χ1) is 11.9. The van der Waals surface area contributed by atoms with Crippen LogP contribution < -0.4 is 9.80 Å². The molecule has 0 saturated carbocycles. The predicted molar refractivity (Wildman–Crippen MR) is 85.2 cm³/mol. The van der Waals surface area contributed by atoms with Crippen LogP contribution in [0.15, 0.2) is 34.8 Å². The molecule has 2 aromatic rings. The standard InChI is InChI=1S/C14H16F3N7O/c1-3-23(4-2)10-5-6-11(20-22-13-18-8-19-21-13)12(7-10)24(9-25)14(15,16)17/h5-9H,3-4H2,1-2H3,(H,18,19,21). The lowest BCUT2D eigenvalue weighted by atomic mass is 10.2. The fourth-order valence-electron chi connectivity index (χ4n) is 2.18. The Morgan fingerprint density at radius 2 is 1.96 bits per heavy atom. The third kappa shape index (κ3) is 4.31. The molecule has 0 spiro atoms. The van der Waals surface area contributed by atoms with E-state index in [4.69, 9.17) is 0 Å². The molecule has 0 radical (unpaired) electrons. The Labute approximate surface area is 141 Å². The molecule has 8 nitrogen and oxygen atoms in total. The highest BCUT2D eigenvalue weighted by Crippen LogP contribution is 2.38. The summed E-state index contributed by atoms with van der Waals surface area (Å²) >= 11 is 0. The number of alkyl halides is 3. The molecule has 0 unspecified atom stereocenters. The first kappa shape index (κ1) is 18.4. The van der Waals surface area contributed by atoms with Gasteiger partial charge in [0.25, 0.3) is 5.95 Å². The lowest BCUT2D eigenvalue weighted by Gasteiger charge is -2.25. The highest BCUT2D eigenvalue weighted by Gasteiger charge is 2.39. The molecule has 1 amide bonds. The summed E-state index contributed by atoms with van der Waals surface area (Å²) in [4.78, 5) is 15.1. The van der Waals surface area contributed by atoms with Crippen molar-refractivity contribution in [3.63, 3.8) is 0 Å². The van der Waals surface area contributed by atoms with Gasteiger partial charge in [0.2, 0.25) is 6.41 Å². The minimum Gasteiger partial charge on any atom is -0.372 e. The Balaban J connectivity index is 2.52. The van der Waals surface area contributed by atoms with Gasteiger partial charge in [-0.2, -0.15) is 0 Å². The van der Waals surface area contributed by atoms with Crippen molar-refractivity contribution in [3.05, 3.63) is 24.5 Å². The maximum atomic E-state index is 13.2. The van der Waals surface area contributed by atoms with Crippen molar-refractivity contribution >= 4 is 29.4 Å². The van der Waals surface area contributed by atoms with Crippen LogP contribution >= 0.6 is 0 Å². The lowest BCUT2D eigenvalue weighted by Crippen LogP contribution is -2.37. The second-order valence-electron chi connectivity index (χ2n) is 4.80. The van der Waals surface area contributed by atoms with E-state index in [1.807, 2.05) is 18.7 Å². The van der Waals surface area contributed by atoms with Gasteiger partial charge in [-0.3, -0.25) is 4.79 Å². The van der Waals surface area contributed by atoms with Crippen LogP contribution in [0.25, 0.3) is 0 Å². The van der Waals surface area contributed by atoms with E-state index < -0.39 is 12.0 Å². The van der Waals surface area contributed by atoms with Crippen LogP contribution in [0.1, 0.15) is 13.8 Å². The molecule has 25 heavy (non-hydrogen) atoms. The van der Waals surface area contributed by atoms with Gasteiger partial charge in [0.15, 0.2) is 0 Å². The highest BCUT2D eigenvalue weighted by molar-refractivity contribution is 5.85. The van der Waals surface area contributed by atoms with Gasteiger partial charge in [0, 0.05) is 18.8 Å². The quantitative estimate of drug-likeness (QED) is 0.467. The zero-order valence-corrected chi connectivity index (χ0v) is 13.5. The molecule has 134 valence electrons. The normalized spacial score (nSPS) is 11.7. The van der Waals surface area contributed by atoms with Crippen LogP contribution in [0.3, 0.4) is 0 Å². The number of H-pyrrole nitrogens is 1. The molecule has 1 aromatic heterocycles. The molecule has 2 rings (SSSR count). The molecular formula is C14H16F3N7O. The van der Waals surface area contributed by atoms with Gasteiger partial charge in [0.05, 0.1) is 5.69 Å². The van der Waals surface area contributed by atoms with E-state index in [1.54, 1.807) is 6.07 Å². The third-order valence-electron chi connectivity index (χ3n) is 3.38. The maximum Gasteiger partial charge on any atom is 0.491 e. The van der Waals surface area contributed by atoms with Gasteiger partial charge in [-0.1, -0.05) is 0 Å². The zero-order chi connectivity index (χ0) is 18.4. The van der Waals surface area contributed by atoms with Gasteiger partial charge < -0.3 is 9.88 Å². The van der Waals surface area contributed by atoms with Crippen LogP contribution in [0, 0.1) is 0 Å². The number of hydrogen-bond donors (Lipinski definition) is 1. The van der Waals surface area contributed by atoms with E-state index in [0.29, 0.717) is 18.8 Å². The molecule has 0 atom stereocenters. The number of aromatic amines is 1. The number of benzene rings is 1. The fraction of sp³-hybridized carbons (Fsp3) is 0.357. The number of halogens is 3. The molecule has 0 aliphatic carbocycles. The summed E-state index contributed by atoms with van der Waals surface area (Å²) in [6, 6.07) is 4.24. The number of rotatable bonds is 7. The summed E-state index contributed by atoms with van der Waals surface area (Å²) in [6.45, 7) is 4.95. The first-order valence-corrected chi connectivity index (χ1v) is 7.38. The van der Waals surface area contributed by atoms with Crippen LogP contribution in [-0.4, -0.2) is 41.0 Å². The van der Waals surface area contributed by atoms with Crippen LogP contribution in [0.5, 0.6) is 0 Å². The average molecular weight is 355 g/mol. The molecule has 11 heteroatoms. The van der Waals surface area contributed by atoms with E-state index in [-0.39, 0.29) is 22.9 Å². The largest absolute Gasteiger partial charge is 0.491 e. The Morgan fingerprint density at radius 1 is 1.24 bits per heavy atom. The highest BCUT2D eigenvalue weighted by atomic mass is 19.4. The topological polar surface area (TPSA) is 89.8 Å². The van der Waals surface area contributed by atoms with Crippen molar-refractivity contribution in [2.24, 2.45) is 10.2 Å². The van der Waals surface area contributed by atoms with Crippen LogP contribution in [0.2, 0.25) is 0 Å². The first-order valence-electron chi connectivity index (χ1n) is 7.38. The van der Waals surface area contributed by atoms with E-state index in [2.05, 4.69) is 25.4 Å². The van der Waals surface area contributed by atoms with Crippen LogP contribution in [0.4, 0.5) is 36.2 Å². The van der Waals surface area contributed by atoms with Gasteiger partial charge in [-0.05, 0) is 32.0 Å². The monoisotopic (exact) mass is 355 g/mol. The summed E-state index contributed by atoms with van der Waals surface area (Å²) in [6.07, 6.45) is -3.93. The smallest absolute Gasteiger partial charge is 0.372 e.